The molecule has 102 valence electrons. The minimum atomic E-state index is 0.628. The first kappa shape index (κ1) is 14.7. The fourth-order valence-electron chi connectivity index (χ4n) is 1.52. The standard InChI is InChI=1S/C15H13ClN2OS/c16-14-3-1-8-18-15(14)20-10-2-9-19-13-6-4-12(11-17)5-7-13/h1,3-8H,2,9-10H2. The summed E-state index contributed by atoms with van der Waals surface area (Å²) in [5, 5.41) is 10.2. The summed E-state index contributed by atoms with van der Waals surface area (Å²) in [6, 6.07) is 12.8. The molecule has 2 aromatic rings. The zero-order chi connectivity index (χ0) is 14.2. The number of nitriles is 1. The number of aromatic nitrogens is 1. The Bertz CT molecular complexity index is 596. The van der Waals surface area contributed by atoms with Crippen molar-refractivity contribution in [1.29, 1.82) is 5.26 Å². The molecule has 3 nitrogen and oxygen atoms in total. The first-order valence-corrected chi connectivity index (χ1v) is 7.52. The summed E-state index contributed by atoms with van der Waals surface area (Å²) in [6.45, 7) is 0.628. The van der Waals surface area contributed by atoms with E-state index in [0.29, 0.717) is 17.2 Å². The first-order valence-electron chi connectivity index (χ1n) is 6.16. The van der Waals surface area contributed by atoms with Crippen LogP contribution >= 0.6 is 23.4 Å². The van der Waals surface area contributed by atoms with Crippen molar-refractivity contribution < 1.29 is 4.74 Å². The second-order valence-electron chi connectivity index (χ2n) is 3.98. The average molecular weight is 305 g/mol. The van der Waals surface area contributed by atoms with E-state index in [2.05, 4.69) is 11.1 Å². The molecule has 5 heteroatoms. The van der Waals surface area contributed by atoms with Crippen molar-refractivity contribution in [2.45, 2.75) is 11.4 Å². The van der Waals surface area contributed by atoms with Crippen molar-refractivity contribution in [1.82, 2.24) is 4.98 Å². The van der Waals surface area contributed by atoms with Crippen LogP contribution in [0.3, 0.4) is 0 Å². The topological polar surface area (TPSA) is 45.9 Å². The highest BCUT2D eigenvalue weighted by molar-refractivity contribution is 7.99. The molecule has 20 heavy (non-hydrogen) atoms. The number of halogens is 1. The van der Waals surface area contributed by atoms with E-state index in [1.54, 1.807) is 42.2 Å². The molecule has 1 aromatic heterocycles. The van der Waals surface area contributed by atoms with Gasteiger partial charge in [-0.2, -0.15) is 5.26 Å². The lowest BCUT2D eigenvalue weighted by molar-refractivity contribution is 0.318. The van der Waals surface area contributed by atoms with Crippen LogP contribution in [-0.4, -0.2) is 17.3 Å². The van der Waals surface area contributed by atoms with E-state index < -0.39 is 0 Å². The normalized spacial score (nSPS) is 10.0. The minimum Gasteiger partial charge on any atom is -0.494 e. The molecule has 0 saturated carbocycles. The number of hydrogen-bond donors (Lipinski definition) is 0. The van der Waals surface area contributed by atoms with Gasteiger partial charge in [0, 0.05) is 11.9 Å². The molecule has 0 spiro atoms. The Morgan fingerprint density at radius 3 is 2.75 bits per heavy atom. The third-order valence-electron chi connectivity index (χ3n) is 2.50. The molecule has 0 fully saturated rings. The first-order chi connectivity index (χ1) is 9.79. The largest absolute Gasteiger partial charge is 0.494 e. The molecule has 0 aliphatic carbocycles. The Morgan fingerprint density at radius 2 is 2.05 bits per heavy atom. The van der Waals surface area contributed by atoms with Gasteiger partial charge in [0.05, 0.1) is 23.3 Å². The highest BCUT2D eigenvalue weighted by atomic mass is 35.5. The lowest BCUT2D eigenvalue weighted by Gasteiger charge is -2.06. The molecule has 0 saturated heterocycles. The monoisotopic (exact) mass is 304 g/mol. The van der Waals surface area contributed by atoms with Gasteiger partial charge in [0.15, 0.2) is 0 Å². The van der Waals surface area contributed by atoms with Gasteiger partial charge in [-0.25, -0.2) is 4.98 Å². The van der Waals surface area contributed by atoms with E-state index >= 15 is 0 Å². The van der Waals surface area contributed by atoms with Crippen LogP contribution in [0.2, 0.25) is 5.02 Å². The van der Waals surface area contributed by atoms with E-state index in [1.807, 2.05) is 12.1 Å². The fourth-order valence-corrected chi connectivity index (χ4v) is 2.60. The van der Waals surface area contributed by atoms with Crippen LogP contribution in [0, 0.1) is 11.3 Å². The Balaban J connectivity index is 1.69. The quantitative estimate of drug-likeness (QED) is 0.593. The maximum atomic E-state index is 8.69. The Labute approximate surface area is 127 Å². The molecule has 0 N–H and O–H groups in total. The molecule has 0 atom stereocenters. The van der Waals surface area contributed by atoms with Crippen molar-refractivity contribution in [2.75, 3.05) is 12.4 Å². The molecular weight excluding hydrogens is 292 g/mol. The van der Waals surface area contributed by atoms with Crippen LogP contribution in [0.5, 0.6) is 5.75 Å². The molecule has 0 amide bonds. The zero-order valence-electron chi connectivity index (χ0n) is 10.8. The van der Waals surface area contributed by atoms with Gasteiger partial charge in [-0.1, -0.05) is 11.6 Å². The fraction of sp³-hybridized carbons (Fsp3) is 0.200. The summed E-state index contributed by atoms with van der Waals surface area (Å²) >= 11 is 7.64. The van der Waals surface area contributed by atoms with Crippen molar-refractivity contribution in [3.05, 3.63) is 53.2 Å². The van der Waals surface area contributed by atoms with Crippen molar-refractivity contribution in [3.8, 4) is 11.8 Å². The number of rotatable bonds is 6. The van der Waals surface area contributed by atoms with Gasteiger partial charge >= 0.3 is 0 Å². The van der Waals surface area contributed by atoms with Gasteiger partial charge in [0.1, 0.15) is 10.8 Å². The third kappa shape index (κ3) is 4.44. The average Bonchev–Trinajstić information content (AvgIpc) is 2.49. The Kier molecular flexibility index (Phi) is 5.72. The summed E-state index contributed by atoms with van der Waals surface area (Å²) in [5.74, 6) is 1.68. The third-order valence-corrected chi connectivity index (χ3v) is 4.01. The van der Waals surface area contributed by atoms with Crippen LogP contribution in [0.4, 0.5) is 0 Å². The minimum absolute atomic E-state index is 0.628. The zero-order valence-corrected chi connectivity index (χ0v) is 12.3. The molecular formula is C15H13ClN2OS. The highest BCUT2D eigenvalue weighted by Crippen LogP contribution is 2.24. The second kappa shape index (κ2) is 7.78. The van der Waals surface area contributed by atoms with Crippen molar-refractivity contribution in [3.63, 3.8) is 0 Å². The van der Waals surface area contributed by atoms with Gasteiger partial charge in [-0.15, -0.1) is 11.8 Å². The van der Waals surface area contributed by atoms with E-state index in [4.69, 9.17) is 21.6 Å². The molecule has 1 aromatic carbocycles. The smallest absolute Gasteiger partial charge is 0.119 e. The lowest BCUT2D eigenvalue weighted by Crippen LogP contribution is -1.98. The number of pyridine rings is 1. The van der Waals surface area contributed by atoms with E-state index in [9.17, 15) is 0 Å². The van der Waals surface area contributed by atoms with Gasteiger partial charge in [-0.3, -0.25) is 0 Å². The van der Waals surface area contributed by atoms with E-state index in [1.165, 1.54) is 0 Å². The number of benzene rings is 1. The molecule has 0 bridgehead atoms. The SMILES string of the molecule is N#Cc1ccc(OCCCSc2ncccc2Cl)cc1. The number of nitrogens with zero attached hydrogens (tertiary/aromatic N) is 2. The Morgan fingerprint density at radius 1 is 1.25 bits per heavy atom. The maximum Gasteiger partial charge on any atom is 0.119 e. The van der Waals surface area contributed by atoms with Gasteiger partial charge in [-0.05, 0) is 42.8 Å². The van der Waals surface area contributed by atoms with Gasteiger partial charge < -0.3 is 4.74 Å². The van der Waals surface area contributed by atoms with Crippen LogP contribution < -0.4 is 4.74 Å². The predicted molar refractivity (Wildman–Crippen MR) is 81.2 cm³/mol. The number of hydrogen-bond acceptors (Lipinski definition) is 4. The molecule has 1 heterocycles. The maximum absolute atomic E-state index is 8.69. The van der Waals surface area contributed by atoms with E-state index in [0.717, 1.165) is 22.9 Å². The van der Waals surface area contributed by atoms with E-state index in [-0.39, 0.29) is 0 Å². The number of thioether (sulfide) groups is 1. The molecule has 0 aliphatic rings. The Hall–Kier alpha value is -1.70. The van der Waals surface area contributed by atoms with Gasteiger partial charge in [0.2, 0.25) is 0 Å². The molecule has 0 unspecified atom stereocenters. The van der Waals surface area contributed by atoms with Crippen molar-refractivity contribution in [2.24, 2.45) is 0 Å². The summed E-state index contributed by atoms with van der Waals surface area (Å²) in [6.07, 6.45) is 2.64. The summed E-state index contributed by atoms with van der Waals surface area (Å²) < 4.78 is 5.60. The molecule has 0 aliphatic heterocycles. The predicted octanol–water partition coefficient (Wildman–Crippen LogP) is 4.17. The van der Waals surface area contributed by atoms with Gasteiger partial charge in [0.25, 0.3) is 0 Å². The molecule has 2 rings (SSSR count). The van der Waals surface area contributed by atoms with Crippen LogP contribution in [0.15, 0.2) is 47.6 Å². The lowest BCUT2D eigenvalue weighted by atomic mass is 10.2. The van der Waals surface area contributed by atoms with Crippen LogP contribution in [0.1, 0.15) is 12.0 Å². The van der Waals surface area contributed by atoms with Crippen LogP contribution in [0.25, 0.3) is 0 Å². The second-order valence-corrected chi connectivity index (χ2v) is 5.47. The van der Waals surface area contributed by atoms with Crippen molar-refractivity contribution >= 4 is 23.4 Å². The summed E-state index contributed by atoms with van der Waals surface area (Å²) in [5.41, 5.74) is 0.637. The van der Waals surface area contributed by atoms with Crippen LogP contribution in [-0.2, 0) is 0 Å². The highest BCUT2D eigenvalue weighted by Gasteiger charge is 2.01. The summed E-state index contributed by atoms with van der Waals surface area (Å²) in [7, 11) is 0. The number of ether oxygens (including phenoxy) is 1. The summed E-state index contributed by atoms with van der Waals surface area (Å²) in [4.78, 5) is 4.21. The molecule has 0 radical (unpaired) electrons.